The average Bonchev–Trinajstić information content (AvgIpc) is 2.11. The third-order valence-electron chi connectivity index (χ3n) is 1.59. The van der Waals surface area contributed by atoms with E-state index in [-0.39, 0.29) is 20.6 Å². The number of anilines is 1. The number of nitrogens with zero attached hydrogens (tertiary/aromatic N) is 1. The van der Waals surface area contributed by atoms with Gasteiger partial charge >= 0.3 is 0 Å². The number of nitrogen functional groups attached to an aromatic ring is 1. The molecule has 0 spiro atoms. The Labute approximate surface area is 102 Å². The summed E-state index contributed by atoms with van der Waals surface area (Å²) in [6, 6.07) is 2.46. The lowest BCUT2D eigenvalue weighted by Gasteiger charge is -2.06. The van der Waals surface area contributed by atoms with Crippen molar-refractivity contribution in [3.05, 3.63) is 22.2 Å². The molecule has 0 bridgehead atoms. The van der Waals surface area contributed by atoms with Crippen LogP contribution in [0.1, 0.15) is 0 Å². The Bertz CT molecular complexity index is 552. The Balaban J connectivity index is 3.48. The highest BCUT2D eigenvalue weighted by Crippen LogP contribution is 2.33. The first-order valence-corrected chi connectivity index (χ1v) is 6.04. The molecule has 0 amide bonds. The zero-order valence-corrected chi connectivity index (χ0v) is 10.1. The largest absolute Gasteiger partial charge is 0.396 e. The normalized spacial score (nSPS) is 11.1. The van der Waals surface area contributed by atoms with Crippen molar-refractivity contribution < 1.29 is 8.42 Å². The van der Waals surface area contributed by atoms with E-state index in [4.69, 9.17) is 40.4 Å². The molecular formula is C7H8Cl2N4O2S. The van der Waals surface area contributed by atoms with Crippen LogP contribution in [0.5, 0.6) is 0 Å². The van der Waals surface area contributed by atoms with Gasteiger partial charge in [-0.1, -0.05) is 23.2 Å². The molecule has 0 saturated carbocycles. The molecule has 0 aliphatic heterocycles. The standard InChI is InChI=1S/C7H8Cl2N4O2S/c8-3-1-2-4(5(9)6(3)10)16(14,15)13-7(11)12/h1-2H,10H2,(H4,11,12,13). The van der Waals surface area contributed by atoms with Crippen LogP contribution in [-0.4, -0.2) is 14.4 Å². The minimum atomic E-state index is -4.06. The Kier molecular flexibility index (Phi) is 3.51. The van der Waals surface area contributed by atoms with Crippen LogP contribution < -0.4 is 17.2 Å². The van der Waals surface area contributed by atoms with E-state index in [1.165, 1.54) is 12.1 Å². The van der Waals surface area contributed by atoms with E-state index in [2.05, 4.69) is 4.40 Å². The second kappa shape index (κ2) is 4.36. The molecule has 1 aromatic carbocycles. The molecule has 0 atom stereocenters. The van der Waals surface area contributed by atoms with Crippen LogP contribution in [0.15, 0.2) is 21.4 Å². The van der Waals surface area contributed by atoms with Crippen LogP contribution in [0.3, 0.4) is 0 Å². The number of nitrogens with two attached hydrogens (primary N) is 3. The molecule has 16 heavy (non-hydrogen) atoms. The summed E-state index contributed by atoms with van der Waals surface area (Å²) >= 11 is 11.4. The Morgan fingerprint density at radius 2 is 1.81 bits per heavy atom. The maximum Gasteiger partial charge on any atom is 0.287 e. The highest BCUT2D eigenvalue weighted by Gasteiger charge is 2.20. The molecule has 0 heterocycles. The highest BCUT2D eigenvalue weighted by atomic mass is 35.5. The lowest BCUT2D eigenvalue weighted by molar-refractivity contribution is 0.598. The Morgan fingerprint density at radius 3 is 2.31 bits per heavy atom. The molecule has 0 unspecified atom stereocenters. The van der Waals surface area contributed by atoms with Crippen molar-refractivity contribution in [1.82, 2.24) is 0 Å². The third kappa shape index (κ3) is 2.49. The second-order valence-electron chi connectivity index (χ2n) is 2.76. The SMILES string of the molecule is NC(N)=NS(=O)(=O)c1ccc(Cl)c(N)c1Cl. The predicted molar refractivity (Wildman–Crippen MR) is 63.9 cm³/mol. The van der Waals surface area contributed by atoms with E-state index in [1.54, 1.807) is 0 Å². The lowest BCUT2D eigenvalue weighted by atomic mass is 10.3. The topological polar surface area (TPSA) is 125 Å². The second-order valence-corrected chi connectivity index (χ2v) is 5.12. The highest BCUT2D eigenvalue weighted by molar-refractivity contribution is 7.90. The molecule has 0 aliphatic rings. The van der Waals surface area contributed by atoms with Crippen LogP contribution >= 0.6 is 23.2 Å². The quantitative estimate of drug-likeness (QED) is 0.415. The van der Waals surface area contributed by atoms with Gasteiger partial charge in [0.2, 0.25) is 5.96 Å². The molecule has 88 valence electrons. The van der Waals surface area contributed by atoms with Crippen molar-refractivity contribution in [3.63, 3.8) is 0 Å². The third-order valence-corrected chi connectivity index (χ3v) is 3.79. The van der Waals surface area contributed by atoms with Crippen LogP contribution in [-0.2, 0) is 10.0 Å². The fraction of sp³-hybridized carbons (Fsp3) is 0. The van der Waals surface area contributed by atoms with Gasteiger partial charge in [-0.2, -0.15) is 8.42 Å². The van der Waals surface area contributed by atoms with Gasteiger partial charge in [-0.15, -0.1) is 4.40 Å². The number of sulfonamides is 1. The van der Waals surface area contributed by atoms with Gasteiger partial charge in [0, 0.05) is 0 Å². The first kappa shape index (κ1) is 12.9. The number of halogens is 2. The van der Waals surface area contributed by atoms with Gasteiger partial charge in [0.15, 0.2) is 0 Å². The van der Waals surface area contributed by atoms with Crippen molar-refractivity contribution in [2.75, 3.05) is 5.73 Å². The Hall–Kier alpha value is -1.18. The summed E-state index contributed by atoms with van der Waals surface area (Å²) in [4.78, 5) is -0.301. The molecule has 0 aliphatic carbocycles. The van der Waals surface area contributed by atoms with Gasteiger partial charge in [0.1, 0.15) is 4.90 Å². The van der Waals surface area contributed by atoms with Crippen molar-refractivity contribution in [2.24, 2.45) is 15.9 Å². The van der Waals surface area contributed by atoms with Crippen molar-refractivity contribution >= 4 is 44.9 Å². The monoisotopic (exact) mass is 282 g/mol. The number of hydrogen-bond acceptors (Lipinski definition) is 3. The number of benzene rings is 1. The smallest absolute Gasteiger partial charge is 0.287 e. The van der Waals surface area contributed by atoms with Gasteiger partial charge in [-0.3, -0.25) is 0 Å². The maximum atomic E-state index is 11.6. The molecule has 6 nitrogen and oxygen atoms in total. The van der Waals surface area contributed by atoms with Crippen LogP contribution in [0.25, 0.3) is 0 Å². The van der Waals surface area contributed by atoms with Gasteiger partial charge in [0.25, 0.3) is 10.0 Å². The van der Waals surface area contributed by atoms with Crippen molar-refractivity contribution in [2.45, 2.75) is 4.90 Å². The molecule has 1 aromatic rings. The zero-order chi connectivity index (χ0) is 12.5. The summed E-state index contributed by atoms with van der Waals surface area (Å²) in [7, 11) is -4.06. The van der Waals surface area contributed by atoms with Crippen LogP contribution in [0, 0.1) is 0 Å². The fourth-order valence-corrected chi connectivity index (χ4v) is 2.55. The molecule has 9 heteroatoms. The molecule has 0 saturated heterocycles. The van der Waals surface area contributed by atoms with E-state index >= 15 is 0 Å². The summed E-state index contributed by atoms with van der Waals surface area (Å²) in [6.45, 7) is 0. The molecule has 0 fully saturated rings. The molecular weight excluding hydrogens is 275 g/mol. The van der Waals surface area contributed by atoms with E-state index in [1.807, 2.05) is 0 Å². The number of guanidine groups is 1. The summed E-state index contributed by atoms with van der Waals surface area (Å²) < 4.78 is 26.3. The van der Waals surface area contributed by atoms with Crippen LogP contribution in [0.4, 0.5) is 5.69 Å². The van der Waals surface area contributed by atoms with Gasteiger partial charge in [0.05, 0.1) is 15.7 Å². The molecule has 0 radical (unpaired) electrons. The number of hydrogen-bond donors (Lipinski definition) is 3. The summed E-state index contributed by atoms with van der Waals surface area (Å²) in [5.41, 5.74) is 15.4. The van der Waals surface area contributed by atoms with Gasteiger partial charge < -0.3 is 17.2 Å². The first-order valence-electron chi connectivity index (χ1n) is 3.85. The van der Waals surface area contributed by atoms with E-state index in [0.717, 1.165) is 0 Å². The predicted octanol–water partition coefficient (Wildman–Crippen LogP) is 0.538. The molecule has 0 aromatic heterocycles. The maximum absolute atomic E-state index is 11.6. The minimum absolute atomic E-state index is 0.0461. The zero-order valence-electron chi connectivity index (χ0n) is 7.81. The summed E-state index contributed by atoms with van der Waals surface area (Å²) in [5, 5.41) is -0.0637. The number of rotatable bonds is 2. The molecule has 1 rings (SSSR count). The van der Waals surface area contributed by atoms with Gasteiger partial charge in [-0.05, 0) is 12.1 Å². The first-order chi connectivity index (χ1) is 7.25. The fourth-order valence-electron chi connectivity index (χ4n) is 0.937. The van der Waals surface area contributed by atoms with Crippen LogP contribution in [0.2, 0.25) is 10.0 Å². The van der Waals surface area contributed by atoms with E-state index in [9.17, 15) is 8.42 Å². The molecule has 6 N–H and O–H groups in total. The Morgan fingerprint density at radius 1 is 1.25 bits per heavy atom. The summed E-state index contributed by atoms with van der Waals surface area (Å²) in [6.07, 6.45) is 0. The summed E-state index contributed by atoms with van der Waals surface area (Å²) in [5.74, 6) is -0.593. The minimum Gasteiger partial charge on any atom is -0.396 e. The van der Waals surface area contributed by atoms with Crippen molar-refractivity contribution in [1.29, 1.82) is 0 Å². The van der Waals surface area contributed by atoms with E-state index in [0.29, 0.717) is 0 Å². The lowest BCUT2D eigenvalue weighted by Crippen LogP contribution is -2.24. The van der Waals surface area contributed by atoms with E-state index < -0.39 is 16.0 Å². The average molecular weight is 283 g/mol. The van der Waals surface area contributed by atoms with Gasteiger partial charge in [-0.25, -0.2) is 0 Å². The van der Waals surface area contributed by atoms with Crippen molar-refractivity contribution in [3.8, 4) is 0 Å².